The molecule has 2 heterocycles. The molecule has 0 aromatic heterocycles. The fourth-order valence-corrected chi connectivity index (χ4v) is 3.03. The molecule has 23 heavy (non-hydrogen) atoms. The van der Waals surface area contributed by atoms with Gasteiger partial charge in [-0.15, -0.1) is 0 Å². The molecule has 1 spiro atoms. The Kier molecular flexibility index (Phi) is 3.08. The minimum Gasteiger partial charge on any atom is -0.463 e. The molecule has 0 bridgehead atoms. The van der Waals surface area contributed by atoms with E-state index < -0.39 is 5.72 Å². The third kappa shape index (κ3) is 2.44. The van der Waals surface area contributed by atoms with E-state index in [0.29, 0.717) is 30.8 Å². The second-order valence-corrected chi connectivity index (χ2v) is 5.96. The highest BCUT2D eigenvalue weighted by atomic mass is 16.5. The summed E-state index contributed by atoms with van der Waals surface area (Å²) in [4.78, 5) is 26.2. The zero-order valence-corrected chi connectivity index (χ0v) is 12.5. The van der Waals surface area contributed by atoms with Crippen LogP contribution in [0.2, 0.25) is 0 Å². The largest absolute Gasteiger partial charge is 0.463 e. The number of fused-ring (bicyclic) bond motifs is 1. The zero-order chi connectivity index (χ0) is 15.9. The average Bonchev–Trinajstić information content (AvgIpc) is 2.53. The number of hydrogen-bond acceptors (Lipinski definition) is 3. The number of carbonyl (C=O) groups excluding carboxylic acids is 2. The molecule has 0 saturated carbocycles. The van der Waals surface area contributed by atoms with Gasteiger partial charge in [-0.25, -0.2) is 0 Å². The Bertz CT molecular complexity index is 767. The van der Waals surface area contributed by atoms with E-state index in [-0.39, 0.29) is 11.8 Å². The molecule has 1 N–H and O–H groups in total. The molecule has 0 unspecified atom stereocenters. The SMILES string of the molecule is O=C1NC2(CN(C(=O)Cc3ccccc3)C2)Oc2ccccc21. The van der Waals surface area contributed by atoms with Crippen LogP contribution in [0.15, 0.2) is 54.6 Å². The van der Waals surface area contributed by atoms with E-state index in [2.05, 4.69) is 5.32 Å². The summed E-state index contributed by atoms with van der Waals surface area (Å²) in [5.41, 5.74) is 0.738. The minimum atomic E-state index is -0.780. The van der Waals surface area contributed by atoms with E-state index in [1.165, 1.54) is 0 Å². The van der Waals surface area contributed by atoms with Crippen molar-refractivity contribution in [3.8, 4) is 5.75 Å². The number of rotatable bonds is 2. The Morgan fingerprint density at radius 3 is 2.57 bits per heavy atom. The number of ether oxygens (including phenoxy) is 1. The van der Waals surface area contributed by atoms with Gasteiger partial charge in [-0.3, -0.25) is 9.59 Å². The summed E-state index contributed by atoms with van der Waals surface area (Å²) < 4.78 is 5.93. The van der Waals surface area contributed by atoms with Crippen LogP contribution in [0.5, 0.6) is 5.75 Å². The van der Waals surface area contributed by atoms with Gasteiger partial charge in [0.05, 0.1) is 25.1 Å². The van der Waals surface area contributed by atoms with E-state index in [0.717, 1.165) is 5.56 Å². The number of amides is 2. The lowest BCUT2D eigenvalue weighted by Crippen LogP contribution is -2.75. The molecular formula is C18H16N2O3. The van der Waals surface area contributed by atoms with Gasteiger partial charge < -0.3 is 15.0 Å². The van der Waals surface area contributed by atoms with Crippen LogP contribution in [0.25, 0.3) is 0 Å². The monoisotopic (exact) mass is 308 g/mol. The summed E-state index contributed by atoms with van der Waals surface area (Å²) in [7, 11) is 0. The summed E-state index contributed by atoms with van der Waals surface area (Å²) in [6, 6.07) is 16.8. The topological polar surface area (TPSA) is 58.6 Å². The van der Waals surface area contributed by atoms with E-state index in [9.17, 15) is 9.59 Å². The highest BCUT2D eigenvalue weighted by Crippen LogP contribution is 2.32. The Morgan fingerprint density at radius 1 is 1.09 bits per heavy atom. The van der Waals surface area contributed by atoms with Gasteiger partial charge in [-0.05, 0) is 17.7 Å². The second kappa shape index (κ2) is 5.12. The highest BCUT2D eigenvalue weighted by Gasteiger charge is 2.51. The molecule has 2 aliphatic heterocycles. The maximum Gasteiger partial charge on any atom is 0.258 e. The van der Waals surface area contributed by atoms with Crippen LogP contribution in [-0.4, -0.2) is 35.5 Å². The van der Waals surface area contributed by atoms with Crippen LogP contribution in [0, 0.1) is 0 Å². The van der Waals surface area contributed by atoms with Gasteiger partial charge in [0.25, 0.3) is 5.91 Å². The zero-order valence-electron chi connectivity index (χ0n) is 12.5. The molecule has 2 aromatic carbocycles. The van der Waals surface area contributed by atoms with Crippen molar-refractivity contribution in [2.45, 2.75) is 12.1 Å². The number of nitrogens with zero attached hydrogens (tertiary/aromatic N) is 1. The average molecular weight is 308 g/mol. The molecule has 2 aliphatic rings. The molecule has 116 valence electrons. The van der Waals surface area contributed by atoms with Crippen molar-refractivity contribution in [3.05, 3.63) is 65.7 Å². The predicted molar refractivity (Wildman–Crippen MR) is 84.0 cm³/mol. The summed E-state index contributed by atoms with van der Waals surface area (Å²) >= 11 is 0. The third-order valence-electron chi connectivity index (χ3n) is 4.22. The van der Waals surface area contributed by atoms with Crippen molar-refractivity contribution in [1.82, 2.24) is 10.2 Å². The van der Waals surface area contributed by atoms with Crippen molar-refractivity contribution >= 4 is 11.8 Å². The fraction of sp³-hybridized carbons (Fsp3) is 0.222. The van der Waals surface area contributed by atoms with Crippen molar-refractivity contribution in [3.63, 3.8) is 0 Å². The van der Waals surface area contributed by atoms with Crippen molar-refractivity contribution in [1.29, 1.82) is 0 Å². The number of nitrogens with one attached hydrogen (secondary N) is 1. The van der Waals surface area contributed by atoms with Gasteiger partial charge in [-0.1, -0.05) is 42.5 Å². The van der Waals surface area contributed by atoms with E-state index in [1.807, 2.05) is 36.4 Å². The Labute approximate surface area is 133 Å². The molecule has 2 amide bonds. The first kappa shape index (κ1) is 13.8. The molecule has 5 nitrogen and oxygen atoms in total. The molecular weight excluding hydrogens is 292 g/mol. The smallest absolute Gasteiger partial charge is 0.258 e. The standard InChI is InChI=1S/C18H16N2O3/c21-16(10-13-6-2-1-3-7-13)20-11-18(12-20)19-17(22)14-8-4-5-9-15(14)23-18/h1-9H,10-12H2,(H,19,22). The quantitative estimate of drug-likeness (QED) is 0.916. The predicted octanol–water partition coefficient (Wildman–Crippen LogP) is 1.59. The summed E-state index contributed by atoms with van der Waals surface area (Å²) in [5.74, 6) is 0.465. The number of para-hydroxylation sites is 1. The summed E-state index contributed by atoms with van der Waals surface area (Å²) in [6.45, 7) is 0.748. The summed E-state index contributed by atoms with van der Waals surface area (Å²) in [5, 5.41) is 2.88. The first-order chi connectivity index (χ1) is 11.2. The van der Waals surface area contributed by atoms with Gasteiger partial charge >= 0.3 is 0 Å². The van der Waals surface area contributed by atoms with E-state index >= 15 is 0 Å². The highest BCUT2D eigenvalue weighted by molar-refractivity contribution is 5.98. The van der Waals surface area contributed by atoms with Crippen LogP contribution in [-0.2, 0) is 11.2 Å². The Balaban J connectivity index is 1.43. The lowest BCUT2D eigenvalue weighted by molar-refractivity contribution is -0.154. The molecule has 5 heteroatoms. The van der Waals surface area contributed by atoms with Crippen molar-refractivity contribution in [2.75, 3.05) is 13.1 Å². The fourth-order valence-electron chi connectivity index (χ4n) is 3.03. The maximum absolute atomic E-state index is 12.3. The normalized spacial score (nSPS) is 17.7. The Hall–Kier alpha value is -2.82. The van der Waals surface area contributed by atoms with Crippen molar-refractivity contribution in [2.24, 2.45) is 0 Å². The maximum atomic E-state index is 12.3. The van der Waals surface area contributed by atoms with Gasteiger partial charge in [0.1, 0.15) is 5.75 Å². The first-order valence-electron chi connectivity index (χ1n) is 7.57. The van der Waals surface area contributed by atoms with Crippen LogP contribution in [0.1, 0.15) is 15.9 Å². The number of hydrogen-bond donors (Lipinski definition) is 1. The van der Waals surface area contributed by atoms with Gasteiger partial charge in [0.2, 0.25) is 11.6 Å². The van der Waals surface area contributed by atoms with E-state index in [4.69, 9.17) is 4.74 Å². The molecule has 1 saturated heterocycles. The molecule has 0 atom stereocenters. The first-order valence-corrected chi connectivity index (χ1v) is 7.57. The van der Waals surface area contributed by atoms with Crippen LogP contribution < -0.4 is 10.1 Å². The summed E-state index contributed by atoms with van der Waals surface area (Å²) in [6.07, 6.45) is 0.363. The van der Waals surface area contributed by atoms with Crippen LogP contribution in [0.4, 0.5) is 0 Å². The van der Waals surface area contributed by atoms with Gasteiger partial charge in [0.15, 0.2) is 0 Å². The molecule has 0 radical (unpaired) electrons. The van der Waals surface area contributed by atoms with Crippen LogP contribution >= 0.6 is 0 Å². The van der Waals surface area contributed by atoms with Crippen molar-refractivity contribution < 1.29 is 14.3 Å². The minimum absolute atomic E-state index is 0.0403. The second-order valence-electron chi connectivity index (χ2n) is 5.96. The van der Waals surface area contributed by atoms with Gasteiger partial charge in [-0.2, -0.15) is 0 Å². The lowest BCUT2D eigenvalue weighted by atomic mass is 9.98. The molecule has 1 fully saturated rings. The molecule has 0 aliphatic carbocycles. The third-order valence-corrected chi connectivity index (χ3v) is 4.22. The lowest BCUT2D eigenvalue weighted by Gasteiger charge is -2.51. The van der Waals surface area contributed by atoms with Crippen LogP contribution in [0.3, 0.4) is 0 Å². The number of benzene rings is 2. The Morgan fingerprint density at radius 2 is 1.78 bits per heavy atom. The number of likely N-dealkylation sites (tertiary alicyclic amines) is 1. The van der Waals surface area contributed by atoms with E-state index in [1.54, 1.807) is 23.1 Å². The molecule has 4 rings (SSSR count). The molecule has 2 aromatic rings. The van der Waals surface area contributed by atoms with Gasteiger partial charge in [0, 0.05) is 0 Å². The number of carbonyl (C=O) groups is 2.